The van der Waals surface area contributed by atoms with Gasteiger partial charge in [-0.25, -0.2) is 0 Å². The van der Waals surface area contributed by atoms with Crippen molar-refractivity contribution in [2.24, 2.45) is 5.92 Å². The van der Waals surface area contributed by atoms with Gasteiger partial charge in [-0.15, -0.1) is 0 Å². The number of ether oxygens (including phenoxy) is 1. The van der Waals surface area contributed by atoms with Crippen LogP contribution in [0.2, 0.25) is 0 Å². The SMILES string of the molecule is CCC[C@H]1[C@H]2C[C@H](CN(C(=O)CCCOc3ccccc3)C2)c2cccc(=O)n21. The normalized spacial score (nSPS) is 22.8. The second-order valence-electron chi connectivity index (χ2n) is 8.27. The average Bonchev–Trinajstić information content (AvgIpc) is 2.75. The molecule has 0 spiro atoms. The molecule has 5 nitrogen and oxygen atoms in total. The first-order chi connectivity index (χ1) is 14.2. The van der Waals surface area contributed by atoms with Crippen LogP contribution in [0.25, 0.3) is 0 Å². The Morgan fingerprint density at radius 1 is 1.10 bits per heavy atom. The summed E-state index contributed by atoms with van der Waals surface area (Å²) in [5.41, 5.74) is 1.21. The molecule has 0 aliphatic carbocycles. The lowest BCUT2D eigenvalue weighted by Crippen LogP contribution is -2.51. The Bertz CT molecular complexity index is 892. The van der Waals surface area contributed by atoms with Gasteiger partial charge in [0.2, 0.25) is 5.91 Å². The van der Waals surface area contributed by atoms with E-state index in [1.807, 2.05) is 45.9 Å². The summed E-state index contributed by atoms with van der Waals surface area (Å²) in [6.07, 6.45) is 4.33. The first-order valence-electron chi connectivity index (χ1n) is 10.8. The molecule has 2 bridgehead atoms. The van der Waals surface area contributed by atoms with Crippen molar-refractivity contribution in [2.75, 3.05) is 19.7 Å². The smallest absolute Gasteiger partial charge is 0.250 e. The third kappa shape index (κ3) is 4.24. The summed E-state index contributed by atoms with van der Waals surface area (Å²) in [6, 6.07) is 15.5. The second-order valence-corrected chi connectivity index (χ2v) is 8.27. The molecule has 5 heteroatoms. The van der Waals surface area contributed by atoms with Crippen LogP contribution in [0.1, 0.15) is 56.7 Å². The van der Waals surface area contributed by atoms with Gasteiger partial charge in [0.05, 0.1) is 6.61 Å². The molecule has 4 rings (SSSR count). The van der Waals surface area contributed by atoms with E-state index in [4.69, 9.17) is 4.74 Å². The first kappa shape index (κ1) is 19.7. The third-order valence-corrected chi connectivity index (χ3v) is 6.28. The predicted octanol–water partition coefficient (Wildman–Crippen LogP) is 3.99. The van der Waals surface area contributed by atoms with Crippen LogP contribution in [0, 0.1) is 5.92 Å². The minimum atomic E-state index is 0.105. The number of aromatic nitrogens is 1. The molecular weight excluding hydrogens is 364 g/mol. The molecule has 2 aliphatic rings. The Kier molecular flexibility index (Phi) is 6.02. The van der Waals surface area contributed by atoms with Crippen LogP contribution >= 0.6 is 0 Å². The minimum Gasteiger partial charge on any atom is -0.494 e. The van der Waals surface area contributed by atoms with Gasteiger partial charge in [-0.2, -0.15) is 0 Å². The number of fused-ring (bicyclic) bond motifs is 4. The van der Waals surface area contributed by atoms with Crippen LogP contribution in [0.15, 0.2) is 53.3 Å². The lowest BCUT2D eigenvalue weighted by Gasteiger charge is -2.47. The fourth-order valence-electron chi connectivity index (χ4n) is 5.00. The zero-order chi connectivity index (χ0) is 20.2. The summed E-state index contributed by atoms with van der Waals surface area (Å²) in [5, 5.41) is 0. The molecule has 1 saturated heterocycles. The molecule has 2 aliphatic heterocycles. The Labute approximate surface area is 172 Å². The number of likely N-dealkylation sites (tertiary alicyclic amines) is 1. The van der Waals surface area contributed by atoms with Gasteiger partial charge in [-0.3, -0.25) is 9.59 Å². The number of nitrogens with zero attached hydrogens (tertiary/aromatic N) is 2. The van der Waals surface area contributed by atoms with E-state index in [2.05, 4.69) is 13.0 Å². The zero-order valence-corrected chi connectivity index (χ0v) is 17.1. The number of carbonyl (C=O) groups excluding carboxylic acids is 1. The van der Waals surface area contributed by atoms with Crippen molar-refractivity contribution in [1.29, 1.82) is 0 Å². The maximum absolute atomic E-state index is 12.9. The van der Waals surface area contributed by atoms with Crippen molar-refractivity contribution in [3.8, 4) is 5.75 Å². The molecule has 154 valence electrons. The van der Waals surface area contributed by atoms with Gasteiger partial charge in [-0.1, -0.05) is 37.6 Å². The molecule has 0 N–H and O–H groups in total. The van der Waals surface area contributed by atoms with Crippen molar-refractivity contribution >= 4 is 5.91 Å². The monoisotopic (exact) mass is 394 g/mol. The molecule has 2 aromatic rings. The van der Waals surface area contributed by atoms with E-state index in [0.717, 1.165) is 43.8 Å². The van der Waals surface area contributed by atoms with Crippen LogP contribution in [-0.4, -0.2) is 35.1 Å². The lowest BCUT2D eigenvalue weighted by molar-refractivity contribution is -0.134. The van der Waals surface area contributed by atoms with Crippen LogP contribution in [-0.2, 0) is 4.79 Å². The average molecular weight is 395 g/mol. The summed E-state index contributed by atoms with van der Waals surface area (Å²) in [6.45, 7) is 4.20. The summed E-state index contributed by atoms with van der Waals surface area (Å²) in [7, 11) is 0. The highest BCUT2D eigenvalue weighted by atomic mass is 16.5. The number of benzene rings is 1. The molecule has 3 heterocycles. The van der Waals surface area contributed by atoms with E-state index in [9.17, 15) is 9.59 Å². The van der Waals surface area contributed by atoms with Gasteiger partial charge in [0, 0.05) is 43.2 Å². The minimum absolute atomic E-state index is 0.105. The number of rotatable bonds is 7. The fourth-order valence-corrected chi connectivity index (χ4v) is 5.00. The van der Waals surface area contributed by atoms with Crippen molar-refractivity contribution in [1.82, 2.24) is 9.47 Å². The van der Waals surface area contributed by atoms with Gasteiger partial charge < -0.3 is 14.2 Å². The topological polar surface area (TPSA) is 51.5 Å². The molecule has 1 aromatic carbocycles. The zero-order valence-electron chi connectivity index (χ0n) is 17.1. The number of amides is 1. The van der Waals surface area contributed by atoms with E-state index < -0.39 is 0 Å². The van der Waals surface area contributed by atoms with Gasteiger partial charge in [0.25, 0.3) is 5.56 Å². The number of carbonyl (C=O) groups is 1. The molecule has 29 heavy (non-hydrogen) atoms. The maximum Gasteiger partial charge on any atom is 0.250 e. The van der Waals surface area contributed by atoms with Crippen LogP contribution in [0.5, 0.6) is 5.75 Å². The predicted molar refractivity (Wildman–Crippen MR) is 113 cm³/mol. The molecule has 1 aromatic heterocycles. The van der Waals surface area contributed by atoms with Crippen molar-refractivity contribution in [3.05, 3.63) is 64.6 Å². The number of piperidine rings is 1. The van der Waals surface area contributed by atoms with Crippen LogP contribution in [0.3, 0.4) is 0 Å². The number of para-hydroxylation sites is 1. The molecule has 1 fully saturated rings. The fraction of sp³-hybridized carbons (Fsp3) is 0.500. The maximum atomic E-state index is 12.9. The van der Waals surface area contributed by atoms with E-state index in [1.54, 1.807) is 6.07 Å². The quantitative estimate of drug-likeness (QED) is 0.667. The summed E-state index contributed by atoms with van der Waals surface area (Å²) < 4.78 is 7.74. The van der Waals surface area contributed by atoms with Gasteiger partial charge in [-0.05, 0) is 43.4 Å². The Morgan fingerprint density at radius 2 is 1.93 bits per heavy atom. The number of pyridine rings is 1. The lowest BCUT2D eigenvalue weighted by atomic mass is 9.77. The van der Waals surface area contributed by atoms with E-state index in [-0.39, 0.29) is 23.4 Å². The van der Waals surface area contributed by atoms with Crippen LogP contribution < -0.4 is 10.3 Å². The molecule has 1 amide bonds. The third-order valence-electron chi connectivity index (χ3n) is 6.28. The Morgan fingerprint density at radius 3 is 2.72 bits per heavy atom. The standard InChI is InChI=1S/C24H30N2O3/c1-2-8-21-18-15-19(22-11-6-12-24(28)26(21)22)17-25(16-18)23(27)13-7-14-29-20-9-4-3-5-10-20/h3-6,9-12,18-19,21H,2,7-8,13-17H2,1H3/t18-,19+,21-/m0/s1. The van der Waals surface area contributed by atoms with E-state index in [0.29, 0.717) is 25.4 Å². The molecule has 0 unspecified atom stereocenters. The number of hydrogen-bond donors (Lipinski definition) is 0. The molecular formula is C24H30N2O3. The number of hydrogen-bond acceptors (Lipinski definition) is 3. The van der Waals surface area contributed by atoms with Crippen molar-refractivity contribution in [2.45, 2.75) is 51.0 Å². The highest BCUT2D eigenvalue weighted by Crippen LogP contribution is 2.42. The largest absolute Gasteiger partial charge is 0.494 e. The Hall–Kier alpha value is -2.56. The van der Waals surface area contributed by atoms with E-state index in [1.165, 1.54) is 0 Å². The van der Waals surface area contributed by atoms with Crippen molar-refractivity contribution in [3.63, 3.8) is 0 Å². The van der Waals surface area contributed by atoms with E-state index >= 15 is 0 Å². The van der Waals surface area contributed by atoms with Gasteiger partial charge >= 0.3 is 0 Å². The molecule has 0 saturated carbocycles. The Balaban J connectivity index is 1.39. The van der Waals surface area contributed by atoms with Gasteiger partial charge in [0.15, 0.2) is 0 Å². The van der Waals surface area contributed by atoms with Crippen molar-refractivity contribution < 1.29 is 9.53 Å². The summed E-state index contributed by atoms with van der Waals surface area (Å²) in [5.74, 6) is 1.68. The highest BCUT2D eigenvalue weighted by Gasteiger charge is 2.41. The summed E-state index contributed by atoms with van der Waals surface area (Å²) >= 11 is 0. The molecule has 0 radical (unpaired) electrons. The van der Waals surface area contributed by atoms with Gasteiger partial charge in [0.1, 0.15) is 5.75 Å². The highest BCUT2D eigenvalue weighted by molar-refractivity contribution is 5.76. The first-order valence-corrected chi connectivity index (χ1v) is 10.8. The summed E-state index contributed by atoms with van der Waals surface area (Å²) in [4.78, 5) is 27.5. The van der Waals surface area contributed by atoms with Crippen LogP contribution in [0.4, 0.5) is 0 Å². The second kappa shape index (κ2) is 8.85. The molecule has 3 atom stereocenters.